The van der Waals surface area contributed by atoms with Crippen LogP contribution in [0.3, 0.4) is 0 Å². The second-order valence-corrected chi connectivity index (χ2v) is 4.77. The summed E-state index contributed by atoms with van der Waals surface area (Å²) < 4.78 is 6.56. The largest absolute Gasteiger partial charge is 0.436 e. The third-order valence-electron chi connectivity index (χ3n) is 2.34. The van der Waals surface area contributed by atoms with Gasteiger partial charge in [-0.25, -0.2) is 4.98 Å². The predicted molar refractivity (Wildman–Crippen MR) is 73.7 cm³/mol. The van der Waals surface area contributed by atoms with Crippen LogP contribution in [0.4, 0.5) is 0 Å². The number of aryl methyl sites for hydroxylation is 1. The third-order valence-corrected chi connectivity index (χ3v) is 2.96. The van der Waals surface area contributed by atoms with Gasteiger partial charge in [0.05, 0.1) is 22.6 Å². The summed E-state index contributed by atoms with van der Waals surface area (Å²) in [6.07, 6.45) is 3.33. The van der Waals surface area contributed by atoms with Crippen molar-refractivity contribution in [2.24, 2.45) is 0 Å². The molecular formula is C13H14BrN3O. The van der Waals surface area contributed by atoms with Gasteiger partial charge in [-0.05, 0) is 47.6 Å². The molecule has 0 radical (unpaired) electrons. The summed E-state index contributed by atoms with van der Waals surface area (Å²) in [6, 6.07) is 5.89. The lowest BCUT2D eigenvalue weighted by Gasteiger charge is -2.07. The number of nitrogens with one attached hydrogen (secondary N) is 1. The van der Waals surface area contributed by atoms with Crippen molar-refractivity contribution >= 4 is 15.9 Å². The van der Waals surface area contributed by atoms with Crippen LogP contribution in [-0.4, -0.2) is 17.0 Å². The molecule has 0 aliphatic heterocycles. The van der Waals surface area contributed by atoms with Gasteiger partial charge in [0.25, 0.3) is 0 Å². The summed E-state index contributed by atoms with van der Waals surface area (Å²) in [5.74, 6) is 1.22. The fourth-order valence-corrected chi connectivity index (χ4v) is 2.04. The van der Waals surface area contributed by atoms with Crippen molar-refractivity contribution in [3.05, 3.63) is 46.3 Å². The monoisotopic (exact) mass is 307 g/mol. The van der Waals surface area contributed by atoms with Crippen molar-refractivity contribution in [2.45, 2.75) is 13.5 Å². The topological polar surface area (TPSA) is 47.0 Å². The number of rotatable bonds is 4. The van der Waals surface area contributed by atoms with Crippen molar-refractivity contribution in [1.82, 2.24) is 15.3 Å². The van der Waals surface area contributed by atoms with Crippen LogP contribution in [0.15, 0.2) is 35.1 Å². The molecule has 1 aromatic heterocycles. The lowest BCUT2D eigenvalue weighted by molar-refractivity contribution is 0.456. The molecule has 0 fully saturated rings. The van der Waals surface area contributed by atoms with Crippen LogP contribution in [0, 0.1) is 6.92 Å². The number of halogens is 1. The smallest absolute Gasteiger partial charge is 0.237 e. The highest BCUT2D eigenvalue weighted by Crippen LogP contribution is 2.29. The number of hydrogen-bond acceptors (Lipinski definition) is 4. The number of nitrogens with zero attached hydrogens (tertiary/aromatic N) is 2. The minimum atomic E-state index is 0.486. The minimum Gasteiger partial charge on any atom is -0.436 e. The SMILES string of the molecule is CNCc1cnc(Oc2ccc(C)cc2Br)cn1. The molecule has 0 aliphatic carbocycles. The molecule has 0 unspecified atom stereocenters. The number of benzene rings is 1. The summed E-state index contributed by atoms with van der Waals surface area (Å²) in [4.78, 5) is 8.46. The molecule has 0 atom stereocenters. The van der Waals surface area contributed by atoms with Crippen LogP contribution in [0.5, 0.6) is 11.6 Å². The van der Waals surface area contributed by atoms with E-state index in [2.05, 4.69) is 31.2 Å². The Morgan fingerprint density at radius 2 is 2.11 bits per heavy atom. The molecule has 0 amide bonds. The van der Waals surface area contributed by atoms with E-state index in [4.69, 9.17) is 4.74 Å². The van der Waals surface area contributed by atoms with E-state index >= 15 is 0 Å². The molecule has 0 bridgehead atoms. The van der Waals surface area contributed by atoms with Gasteiger partial charge in [0.1, 0.15) is 5.75 Å². The maximum atomic E-state index is 5.66. The van der Waals surface area contributed by atoms with E-state index in [9.17, 15) is 0 Å². The normalized spacial score (nSPS) is 10.4. The molecule has 2 rings (SSSR count). The first kappa shape index (κ1) is 13.0. The Kier molecular flexibility index (Phi) is 4.28. The van der Waals surface area contributed by atoms with Gasteiger partial charge < -0.3 is 10.1 Å². The van der Waals surface area contributed by atoms with Gasteiger partial charge in [0, 0.05) is 6.54 Å². The van der Waals surface area contributed by atoms with E-state index in [-0.39, 0.29) is 0 Å². The summed E-state index contributed by atoms with van der Waals surface area (Å²) in [5, 5.41) is 3.02. The van der Waals surface area contributed by atoms with E-state index in [1.807, 2.05) is 32.2 Å². The van der Waals surface area contributed by atoms with Crippen LogP contribution in [0.25, 0.3) is 0 Å². The quantitative estimate of drug-likeness (QED) is 0.943. The number of ether oxygens (including phenoxy) is 1. The van der Waals surface area contributed by atoms with Crippen molar-refractivity contribution in [2.75, 3.05) is 7.05 Å². The van der Waals surface area contributed by atoms with Crippen LogP contribution < -0.4 is 10.1 Å². The van der Waals surface area contributed by atoms with Gasteiger partial charge in [-0.2, -0.15) is 0 Å². The molecule has 18 heavy (non-hydrogen) atoms. The van der Waals surface area contributed by atoms with E-state index in [0.717, 1.165) is 15.9 Å². The van der Waals surface area contributed by atoms with Gasteiger partial charge >= 0.3 is 0 Å². The summed E-state index contributed by atoms with van der Waals surface area (Å²) in [6.45, 7) is 2.72. The first-order valence-electron chi connectivity index (χ1n) is 5.58. The average molecular weight is 308 g/mol. The van der Waals surface area contributed by atoms with Gasteiger partial charge in [-0.3, -0.25) is 4.98 Å². The van der Waals surface area contributed by atoms with Crippen LogP contribution in [-0.2, 0) is 6.54 Å². The van der Waals surface area contributed by atoms with Crippen molar-refractivity contribution in [1.29, 1.82) is 0 Å². The number of aromatic nitrogens is 2. The highest BCUT2D eigenvalue weighted by atomic mass is 79.9. The van der Waals surface area contributed by atoms with Crippen molar-refractivity contribution in [3.63, 3.8) is 0 Å². The minimum absolute atomic E-state index is 0.486. The van der Waals surface area contributed by atoms with Crippen LogP contribution >= 0.6 is 15.9 Å². The molecule has 1 heterocycles. The molecule has 0 aliphatic rings. The molecule has 1 N–H and O–H groups in total. The predicted octanol–water partition coefficient (Wildman–Crippen LogP) is 3.06. The van der Waals surface area contributed by atoms with Gasteiger partial charge in [0.2, 0.25) is 5.88 Å². The average Bonchev–Trinajstić information content (AvgIpc) is 2.35. The Morgan fingerprint density at radius 1 is 1.28 bits per heavy atom. The summed E-state index contributed by atoms with van der Waals surface area (Å²) >= 11 is 3.46. The van der Waals surface area contributed by atoms with E-state index in [1.54, 1.807) is 12.4 Å². The van der Waals surface area contributed by atoms with E-state index < -0.39 is 0 Å². The first-order valence-corrected chi connectivity index (χ1v) is 6.38. The molecular weight excluding hydrogens is 294 g/mol. The zero-order valence-corrected chi connectivity index (χ0v) is 11.9. The Hall–Kier alpha value is -1.46. The highest BCUT2D eigenvalue weighted by Gasteiger charge is 2.04. The third kappa shape index (κ3) is 3.27. The molecule has 2 aromatic rings. The maximum absolute atomic E-state index is 5.66. The maximum Gasteiger partial charge on any atom is 0.237 e. The Morgan fingerprint density at radius 3 is 2.72 bits per heavy atom. The molecule has 0 saturated carbocycles. The Labute approximate surface area is 115 Å². The van der Waals surface area contributed by atoms with Gasteiger partial charge in [0.15, 0.2) is 0 Å². The summed E-state index contributed by atoms with van der Waals surface area (Å²) in [7, 11) is 1.87. The van der Waals surface area contributed by atoms with Crippen molar-refractivity contribution in [3.8, 4) is 11.6 Å². The molecule has 4 nitrogen and oxygen atoms in total. The van der Waals surface area contributed by atoms with Gasteiger partial charge in [-0.1, -0.05) is 6.07 Å². The van der Waals surface area contributed by atoms with E-state index in [1.165, 1.54) is 5.56 Å². The van der Waals surface area contributed by atoms with Crippen molar-refractivity contribution < 1.29 is 4.74 Å². The van der Waals surface area contributed by atoms with E-state index in [0.29, 0.717) is 12.4 Å². The van der Waals surface area contributed by atoms with Crippen LogP contribution in [0.1, 0.15) is 11.3 Å². The number of hydrogen-bond donors (Lipinski definition) is 1. The lowest BCUT2D eigenvalue weighted by atomic mass is 10.2. The second kappa shape index (κ2) is 5.93. The van der Waals surface area contributed by atoms with Gasteiger partial charge in [-0.15, -0.1) is 0 Å². The molecule has 0 saturated heterocycles. The first-order chi connectivity index (χ1) is 8.69. The molecule has 5 heteroatoms. The molecule has 1 aromatic carbocycles. The lowest BCUT2D eigenvalue weighted by Crippen LogP contribution is -2.07. The van der Waals surface area contributed by atoms with Crippen LogP contribution in [0.2, 0.25) is 0 Å². The Bertz CT molecular complexity index is 528. The zero-order chi connectivity index (χ0) is 13.0. The molecule has 0 spiro atoms. The zero-order valence-electron chi connectivity index (χ0n) is 10.3. The Balaban J connectivity index is 2.13. The molecule has 94 valence electrons. The highest BCUT2D eigenvalue weighted by molar-refractivity contribution is 9.10. The summed E-state index contributed by atoms with van der Waals surface area (Å²) in [5.41, 5.74) is 2.05. The fourth-order valence-electron chi connectivity index (χ4n) is 1.47. The fraction of sp³-hybridized carbons (Fsp3) is 0.231. The standard InChI is InChI=1S/C13H14BrN3O/c1-9-3-4-12(11(14)5-9)18-13-8-16-10(6-15-2)7-17-13/h3-5,7-8,15H,6H2,1-2H3. The second-order valence-electron chi connectivity index (χ2n) is 3.91.